The molecule has 0 atom stereocenters. The molecule has 0 spiro atoms. The number of aromatic hydroxyl groups is 1. The Morgan fingerprint density at radius 2 is 2.05 bits per heavy atom. The van der Waals surface area contributed by atoms with E-state index in [1.165, 1.54) is 6.07 Å². The van der Waals surface area contributed by atoms with Crippen molar-refractivity contribution >= 4 is 10.9 Å². The Bertz CT molecular complexity index is 808. The number of phenolic OH excluding ortho intramolecular Hbond substituents is 1. The Morgan fingerprint density at radius 1 is 1.24 bits per heavy atom. The van der Waals surface area contributed by atoms with Gasteiger partial charge in [-0.05, 0) is 43.2 Å². The van der Waals surface area contributed by atoms with Crippen molar-refractivity contribution in [2.24, 2.45) is 0 Å². The van der Waals surface area contributed by atoms with Gasteiger partial charge in [-0.25, -0.2) is 4.39 Å². The summed E-state index contributed by atoms with van der Waals surface area (Å²) in [6.45, 7) is 4.73. The maximum Gasteiger partial charge on any atom is 0.151 e. The van der Waals surface area contributed by atoms with Gasteiger partial charge in [-0.15, -0.1) is 0 Å². The number of halogens is 1. The van der Waals surface area contributed by atoms with E-state index in [0.29, 0.717) is 5.52 Å². The predicted molar refractivity (Wildman–Crippen MR) is 81.8 cm³/mol. The van der Waals surface area contributed by atoms with Crippen LogP contribution in [-0.2, 0) is 6.54 Å². The minimum absolute atomic E-state index is 0.230. The number of aromatic nitrogens is 2. The molecule has 2 aromatic carbocycles. The molecule has 0 saturated carbocycles. The van der Waals surface area contributed by atoms with Crippen molar-refractivity contribution in [2.45, 2.75) is 26.8 Å². The van der Waals surface area contributed by atoms with Gasteiger partial charge < -0.3 is 5.11 Å². The number of hydrogen-bond donors (Lipinski definition) is 1. The van der Waals surface area contributed by atoms with Crippen LogP contribution in [0.2, 0.25) is 0 Å². The Morgan fingerprint density at radius 3 is 2.76 bits per heavy atom. The molecule has 0 aliphatic heterocycles. The van der Waals surface area contributed by atoms with Gasteiger partial charge in [-0.2, -0.15) is 5.10 Å². The molecule has 0 amide bonds. The second kappa shape index (κ2) is 5.20. The van der Waals surface area contributed by atoms with Crippen molar-refractivity contribution in [3.63, 3.8) is 0 Å². The number of nitrogens with zero attached hydrogens (tertiary/aromatic N) is 2. The second-order valence-corrected chi connectivity index (χ2v) is 5.21. The summed E-state index contributed by atoms with van der Waals surface area (Å²) in [4.78, 5) is 0. The van der Waals surface area contributed by atoms with Crippen molar-refractivity contribution in [1.29, 1.82) is 0 Å². The molecular formula is C17H17FN2O. The number of rotatable bonds is 3. The van der Waals surface area contributed by atoms with Crippen LogP contribution in [0.4, 0.5) is 4.39 Å². The fourth-order valence-corrected chi connectivity index (χ4v) is 2.69. The molecule has 3 nitrogen and oxygen atoms in total. The number of hydrogen-bond acceptors (Lipinski definition) is 2. The van der Waals surface area contributed by atoms with Crippen LogP contribution in [0.15, 0.2) is 36.4 Å². The van der Waals surface area contributed by atoms with Gasteiger partial charge in [0.1, 0.15) is 11.3 Å². The lowest BCUT2D eigenvalue weighted by atomic mass is 10.0. The lowest BCUT2D eigenvalue weighted by molar-refractivity contribution is 0.475. The van der Waals surface area contributed by atoms with E-state index >= 15 is 0 Å². The molecule has 0 radical (unpaired) electrons. The highest BCUT2D eigenvalue weighted by Crippen LogP contribution is 2.33. The Balaban J connectivity index is 2.33. The summed E-state index contributed by atoms with van der Waals surface area (Å²) in [5.74, 6) is -0.0756. The molecule has 1 N–H and O–H groups in total. The molecule has 0 unspecified atom stereocenters. The zero-order valence-electron chi connectivity index (χ0n) is 12.1. The molecule has 0 aliphatic carbocycles. The third kappa shape index (κ3) is 2.27. The first-order chi connectivity index (χ1) is 10.1. The Hall–Kier alpha value is -2.36. The summed E-state index contributed by atoms with van der Waals surface area (Å²) in [7, 11) is 0. The fourth-order valence-electron chi connectivity index (χ4n) is 2.69. The quantitative estimate of drug-likeness (QED) is 0.780. The summed E-state index contributed by atoms with van der Waals surface area (Å²) in [6.07, 6.45) is 0.916. The van der Waals surface area contributed by atoms with E-state index in [1.807, 2.05) is 23.7 Å². The van der Waals surface area contributed by atoms with Crippen LogP contribution in [0.1, 0.15) is 18.9 Å². The van der Waals surface area contributed by atoms with Crippen LogP contribution in [-0.4, -0.2) is 14.9 Å². The van der Waals surface area contributed by atoms with Gasteiger partial charge in [-0.3, -0.25) is 4.68 Å². The molecule has 0 saturated heterocycles. The maximum atomic E-state index is 14.0. The van der Waals surface area contributed by atoms with Gasteiger partial charge >= 0.3 is 0 Å². The Kier molecular flexibility index (Phi) is 3.37. The first kappa shape index (κ1) is 13.6. The normalized spacial score (nSPS) is 11.2. The van der Waals surface area contributed by atoms with Crippen LogP contribution >= 0.6 is 0 Å². The summed E-state index contributed by atoms with van der Waals surface area (Å²) in [6, 6.07) is 10.2. The summed E-state index contributed by atoms with van der Waals surface area (Å²) >= 11 is 0. The van der Waals surface area contributed by atoms with Crippen molar-refractivity contribution in [2.75, 3.05) is 0 Å². The van der Waals surface area contributed by atoms with Gasteiger partial charge in [-0.1, -0.05) is 19.1 Å². The summed E-state index contributed by atoms with van der Waals surface area (Å²) < 4.78 is 15.8. The first-order valence-corrected chi connectivity index (χ1v) is 7.07. The van der Waals surface area contributed by atoms with Gasteiger partial charge in [0.2, 0.25) is 0 Å². The molecule has 1 heterocycles. The third-order valence-electron chi connectivity index (χ3n) is 3.62. The van der Waals surface area contributed by atoms with Crippen molar-refractivity contribution in [1.82, 2.24) is 9.78 Å². The van der Waals surface area contributed by atoms with Crippen molar-refractivity contribution in [3.05, 3.63) is 47.8 Å². The van der Waals surface area contributed by atoms with Crippen LogP contribution in [0.3, 0.4) is 0 Å². The van der Waals surface area contributed by atoms with Crippen LogP contribution < -0.4 is 0 Å². The van der Waals surface area contributed by atoms with E-state index in [1.54, 1.807) is 18.2 Å². The minimum atomic E-state index is -0.306. The van der Waals surface area contributed by atoms with E-state index < -0.39 is 0 Å². The number of phenols is 1. The summed E-state index contributed by atoms with van der Waals surface area (Å²) in [5.41, 5.74) is 3.21. The first-order valence-electron chi connectivity index (χ1n) is 7.07. The third-order valence-corrected chi connectivity index (χ3v) is 3.62. The van der Waals surface area contributed by atoms with E-state index in [4.69, 9.17) is 0 Å². The van der Waals surface area contributed by atoms with Crippen LogP contribution in [0.25, 0.3) is 22.2 Å². The average molecular weight is 284 g/mol. The van der Waals surface area contributed by atoms with Gasteiger partial charge in [0.05, 0.1) is 5.69 Å². The lowest BCUT2D eigenvalue weighted by Gasteiger charge is -2.10. The van der Waals surface area contributed by atoms with Crippen LogP contribution in [0, 0.1) is 12.7 Å². The average Bonchev–Trinajstić information content (AvgIpc) is 2.79. The maximum absolute atomic E-state index is 14.0. The largest absolute Gasteiger partial charge is 0.508 e. The molecule has 3 aromatic rings. The molecule has 0 aliphatic rings. The SMILES string of the molecule is CCCn1nc2c(F)cccc2c1-c1ccc(O)cc1C. The number of aryl methyl sites for hydroxylation is 2. The highest BCUT2D eigenvalue weighted by atomic mass is 19.1. The monoisotopic (exact) mass is 284 g/mol. The fraction of sp³-hybridized carbons (Fsp3) is 0.235. The molecule has 4 heteroatoms. The predicted octanol–water partition coefficient (Wildman–Crippen LogP) is 4.27. The summed E-state index contributed by atoms with van der Waals surface area (Å²) in [5, 5.41) is 14.8. The van der Waals surface area contributed by atoms with Crippen molar-refractivity contribution in [3.8, 4) is 17.0 Å². The lowest BCUT2D eigenvalue weighted by Crippen LogP contribution is -2.02. The van der Waals surface area contributed by atoms with Gasteiger partial charge in [0.25, 0.3) is 0 Å². The van der Waals surface area contributed by atoms with Crippen LogP contribution in [0.5, 0.6) is 5.75 Å². The standard InChI is InChI=1S/C17H17FN2O/c1-3-9-20-17(13-8-7-12(21)10-11(13)2)14-5-4-6-15(18)16(14)19-20/h4-8,10,21H,3,9H2,1-2H3. The highest BCUT2D eigenvalue weighted by molar-refractivity contribution is 5.94. The molecule has 0 fully saturated rings. The second-order valence-electron chi connectivity index (χ2n) is 5.21. The molecule has 3 rings (SSSR count). The van der Waals surface area contributed by atoms with Gasteiger partial charge in [0.15, 0.2) is 5.82 Å². The number of benzene rings is 2. The minimum Gasteiger partial charge on any atom is -0.508 e. The van der Waals surface area contributed by atoms with E-state index in [-0.39, 0.29) is 11.6 Å². The molecule has 108 valence electrons. The molecule has 21 heavy (non-hydrogen) atoms. The van der Waals surface area contributed by atoms with Crippen molar-refractivity contribution < 1.29 is 9.50 Å². The topological polar surface area (TPSA) is 38.0 Å². The number of fused-ring (bicyclic) bond motifs is 1. The molecular weight excluding hydrogens is 267 g/mol. The zero-order chi connectivity index (χ0) is 15.0. The van der Waals surface area contributed by atoms with E-state index in [9.17, 15) is 9.50 Å². The Labute approximate surface area is 122 Å². The van der Waals surface area contributed by atoms with Gasteiger partial charge in [0, 0.05) is 17.5 Å². The smallest absolute Gasteiger partial charge is 0.151 e. The molecule has 1 aromatic heterocycles. The van der Waals surface area contributed by atoms with E-state index in [0.717, 1.165) is 35.2 Å². The zero-order valence-corrected chi connectivity index (χ0v) is 12.1. The van der Waals surface area contributed by atoms with E-state index in [2.05, 4.69) is 12.0 Å². The highest BCUT2D eigenvalue weighted by Gasteiger charge is 2.17. The molecule has 0 bridgehead atoms.